The SMILES string of the molecule is O=C(c1ccccc1)c1cccc(NC(=O)c2ccccc2I)c1. The first-order valence-electron chi connectivity index (χ1n) is 7.41. The van der Waals surface area contributed by atoms with E-state index < -0.39 is 0 Å². The standard InChI is InChI=1S/C20H14INO2/c21-18-12-5-4-11-17(18)20(24)22-16-10-6-9-15(13-16)19(23)14-7-2-1-3-8-14/h1-13H,(H,22,24). The first-order chi connectivity index (χ1) is 11.6. The average Bonchev–Trinajstić information content (AvgIpc) is 2.62. The van der Waals surface area contributed by atoms with Gasteiger partial charge in [-0.05, 0) is 46.9 Å². The van der Waals surface area contributed by atoms with E-state index in [4.69, 9.17) is 0 Å². The van der Waals surface area contributed by atoms with Crippen molar-refractivity contribution in [1.29, 1.82) is 0 Å². The Labute approximate surface area is 153 Å². The summed E-state index contributed by atoms with van der Waals surface area (Å²) in [5.41, 5.74) is 2.37. The molecule has 0 unspecified atom stereocenters. The Bertz CT molecular complexity index is 891. The largest absolute Gasteiger partial charge is 0.322 e. The van der Waals surface area contributed by atoms with Crippen molar-refractivity contribution in [2.45, 2.75) is 0 Å². The number of hydrogen-bond acceptors (Lipinski definition) is 2. The number of amides is 1. The Morgan fingerprint density at radius 1 is 0.750 bits per heavy atom. The summed E-state index contributed by atoms with van der Waals surface area (Å²) in [6.45, 7) is 0. The molecule has 0 aliphatic carbocycles. The molecule has 0 atom stereocenters. The molecule has 0 bridgehead atoms. The maximum Gasteiger partial charge on any atom is 0.256 e. The molecule has 3 rings (SSSR count). The van der Waals surface area contributed by atoms with Crippen LogP contribution < -0.4 is 5.32 Å². The molecule has 118 valence electrons. The van der Waals surface area contributed by atoms with Crippen molar-refractivity contribution in [2.75, 3.05) is 5.32 Å². The van der Waals surface area contributed by atoms with Gasteiger partial charge in [0.15, 0.2) is 5.78 Å². The van der Waals surface area contributed by atoms with Crippen molar-refractivity contribution < 1.29 is 9.59 Å². The van der Waals surface area contributed by atoms with Gasteiger partial charge in [0, 0.05) is 20.4 Å². The number of ketones is 1. The zero-order valence-corrected chi connectivity index (χ0v) is 14.9. The van der Waals surface area contributed by atoms with Gasteiger partial charge >= 0.3 is 0 Å². The van der Waals surface area contributed by atoms with Crippen LogP contribution in [0.25, 0.3) is 0 Å². The number of carbonyl (C=O) groups is 2. The van der Waals surface area contributed by atoms with Gasteiger partial charge in [0.2, 0.25) is 0 Å². The number of nitrogens with one attached hydrogen (secondary N) is 1. The molecule has 0 aliphatic heterocycles. The Hall–Kier alpha value is -2.47. The van der Waals surface area contributed by atoms with Gasteiger partial charge < -0.3 is 5.32 Å². The number of hydrogen-bond donors (Lipinski definition) is 1. The fourth-order valence-corrected chi connectivity index (χ4v) is 2.97. The molecule has 1 N–H and O–H groups in total. The molecule has 0 heterocycles. The first-order valence-corrected chi connectivity index (χ1v) is 8.49. The summed E-state index contributed by atoms with van der Waals surface area (Å²) in [7, 11) is 0. The molecular weight excluding hydrogens is 413 g/mol. The van der Waals surface area contributed by atoms with Crippen molar-refractivity contribution >= 4 is 40.0 Å². The van der Waals surface area contributed by atoms with Gasteiger partial charge in [-0.25, -0.2) is 0 Å². The molecule has 0 saturated carbocycles. The van der Waals surface area contributed by atoms with Crippen LogP contribution in [-0.4, -0.2) is 11.7 Å². The number of anilines is 1. The lowest BCUT2D eigenvalue weighted by molar-refractivity contribution is 0.102. The predicted octanol–water partition coefficient (Wildman–Crippen LogP) is 4.77. The maximum absolute atomic E-state index is 12.5. The normalized spacial score (nSPS) is 10.2. The summed E-state index contributed by atoms with van der Waals surface area (Å²) in [4.78, 5) is 24.9. The highest BCUT2D eigenvalue weighted by atomic mass is 127. The van der Waals surface area contributed by atoms with Gasteiger partial charge in [-0.3, -0.25) is 9.59 Å². The number of halogens is 1. The highest BCUT2D eigenvalue weighted by Gasteiger charge is 2.12. The van der Waals surface area contributed by atoms with Crippen molar-refractivity contribution in [3.63, 3.8) is 0 Å². The van der Waals surface area contributed by atoms with Crippen LogP contribution in [0.1, 0.15) is 26.3 Å². The molecule has 3 nitrogen and oxygen atoms in total. The quantitative estimate of drug-likeness (QED) is 0.482. The lowest BCUT2D eigenvalue weighted by Gasteiger charge is -2.08. The Balaban J connectivity index is 1.82. The highest BCUT2D eigenvalue weighted by molar-refractivity contribution is 14.1. The minimum Gasteiger partial charge on any atom is -0.322 e. The van der Waals surface area contributed by atoms with Crippen LogP contribution in [0.15, 0.2) is 78.9 Å². The molecule has 0 aliphatic rings. The third-order valence-corrected chi connectivity index (χ3v) is 4.48. The Morgan fingerprint density at radius 3 is 2.17 bits per heavy atom. The molecular formula is C20H14INO2. The van der Waals surface area contributed by atoms with Crippen molar-refractivity contribution in [2.24, 2.45) is 0 Å². The van der Waals surface area contributed by atoms with Gasteiger partial charge in [-0.2, -0.15) is 0 Å². The zero-order valence-electron chi connectivity index (χ0n) is 12.7. The zero-order chi connectivity index (χ0) is 16.9. The minimum absolute atomic E-state index is 0.0685. The van der Waals surface area contributed by atoms with Crippen molar-refractivity contribution in [3.05, 3.63) is 99.1 Å². The molecule has 4 heteroatoms. The lowest BCUT2D eigenvalue weighted by atomic mass is 10.0. The van der Waals surface area contributed by atoms with Gasteiger partial charge in [0.1, 0.15) is 0 Å². The maximum atomic E-state index is 12.5. The topological polar surface area (TPSA) is 46.2 Å². The summed E-state index contributed by atoms with van der Waals surface area (Å²) in [5.74, 6) is -0.259. The molecule has 0 saturated heterocycles. The fourth-order valence-electron chi connectivity index (χ4n) is 2.34. The molecule has 0 radical (unpaired) electrons. The van der Waals surface area contributed by atoms with E-state index in [0.717, 1.165) is 3.57 Å². The summed E-state index contributed by atoms with van der Waals surface area (Å²) < 4.78 is 0.879. The molecule has 3 aromatic rings. The van der Waals surface area contributed by atoms with Gasteiger partial charge in [0.25, 0.3) is 5.91 Å². The summed E-state index contributed by atoms with van der Waals surface area (Å²) in [5, 5.41) is 2.85. The number of rotatable bonds is 4. The molecule has 24 heavy (non-hydrogen) atoms. The van der Waals surface area contributed by atoms with Crippen LogP contribution in [0, 0.1) is 3.57 Å². The minimum atomic E-state index is -0.190. The molecule has 1 amide bonds. The fraction of sp³-hybridized carbons (Fsp3) is 0. The molecule has 3 aromatic carbocycles. The third-order valence-electron chi connectivity index (χ3n) is 3.54. The second-order valence-electron chi connectivity index (χ2n) is 5.21. The van der Waals surface area contributed by atoms with Gasteiger partial charge in [0.05, 0.1) is 5.56 Å². The van der Waals surface area contributed by atoms with Crippen molar-refractivity contribution in [1.82, 2.24) is 0 Å². The van der Waals surface area contributed by atoms with Crippen LogP contribution in [0.4, 0.5) is 5.69 Å². The summed E-state index contributed by atoms with van der Waals surface area (Å²) >= 11 is 2.13. The van der Waals surface area contributed by atoms with E-state index in [2.05, 4.69) is 27.9 Å². The second kappa shape index (κ2) is 7.40. The molecule has 0 aromatic heterocycles. The van der Waals surface area contributed by atoms with Gasteiger partial charge in [-0.15, -0.1) is 0 Å². The summed E-state index contributed by atoms with van der Waals surface area (Å²) in [6, 6.07) is 23.4. The Kier molecular flexibility index (Phi) is 5.05. The van der Waals surface area contributed by atoms with Crippen LogP contribution in [0.5, 0.6) is 0 Å². The van der Waals surface area contributed by atoms with Crippen LogP contribution in [0.2, 0.25) is 0 Å². The second-order valence-corrected chi connectivity index (χ2v) is 6.37. The number of benzene rings is 3. The lowest BCUT2D eigenvalue weighted by Crippen LogP contribution is -2.13. The average molecular weight is 427 g/mol. The molecule has 0 fully saturated rings. The van der Waals surface area contributed by atoms with E-state index in [-0.39, 0.29) is 11.7 Å². The van der Waals surface area contributed by atoms with Crippen LogP contribution >= 0.6 is 22.6 Å². The third kappa shape index (κ3) is 3.71. The van der Waals surface area contributed by atoms with Crippen LogP contribution in [-0.2, 0) is 0 Å². The van der Waals surface area contributed by atoms with E-state index in [9.17, 15) is 9.59 Å². The Morgan fingerprint density at radius 2 is 1.42 bits per heavy atom. The van der Waals surface area contributed by atoms with E-state index >= 15 is 0 Å². The van der Waals surface area contributed by atoms with E-state index in [1.807, 2.05) is 36.4 Å². The smallest absolute Gasteiger partial charge is 0.256 e. The van der Waals surface area contributed by atoms with Crippen LogP contribution in [0.3, 0.4) is 0 Å². The van der Waals surface area contributed by atoms with E-state index in [1.54, 1.807) is 42.5 Å². The number of carbonyl (C=O) groups excluding carboxylic acids is 2. The highest BCUT2D eigenvalue weighted by Crippen LogP contribution is 2.17. The molecule has 0 spiro atoms. The van der Waals surface area contributed by atoms with E-state index in [1.165, 1.54) is 0 Å². The van der Waals surface area contributed by atoms with Gasteiger partial charge in [-0.1, -0.05) is 54.6 Å². The van der Waals surface area contributed by atoms with E-state index in [0.29, 0.717) is 22.4 Å². The summed E-state index contributed by atoms with van der Waals surface area (Å²) in [6.07, 6.45) is 0. The predicted molar refractivity (Wildman–Crippen MR) is 103 cm³/mol. The first kappa shape index (κ1) is 16.4. The monoisotopic (exact) mass is 427 g/mol. The van der Waals surface area contributed by atoms with Crippen molar-refractivity contribution in [3.8, 4) is 0 Å².